The third-order valence-electron chi connectivity index (χ3n) is 15.0. The van der Waals surface area contributed by atoms with Gasteiger partial charge in [-0.25, -0.2) is 0 Å². The number of aryl methyl sites for hydroxylation is 1. The van der Waals surface area contributed by atoms with Crippen molar-refractivity contribution in [1.82, 2.24) is 28.7 Å². The Morgan fingerprint density at radius 1 is 0.403 bits per heavy atom. The number of fused-ring (bicyclic) bond motifs is 7. The molecule has 364 valence electrons. The average molecular weight is 1010 g/mol. The van der Waals surface area contributed by atoms with Crippen molar-refractivity contribution in [3.63, 3.8) is 0 Å². The SMILES string of the molecule is C#C/C=C\c1c(C)c2ccccc2n1-c1ccc(-c2ccccc2S(c2ccccc2)(c2ccccc2)c2ccccc2)cc1-c1nc(-n2c3ccccc3c3ccccc32)nc(-n2c3ccccc3c3ccccc32)n1. The normalized spacial score (nSPS) is 12.1. The van der Waals surface area contributed by atoms with Gasteiger partial charge >= 0.3 is 0 Å². The van der Waals surface area contributed by atoms with E-state index in [1.54, 1.807) is 6.08 Å². The minimum Gasteiger partial charge on any atom is -0.309 e. The highest BCUT2D eigenvalue weighted by molar-refractivity contribution is 8.34. The number of rotatable bonds is 10. The first kappa shape index (κ1) is 45.6. The molecule has 77 heavy (non-hydrogen) atoms. The van der Waals surface area contributed by atoms with Gasteiger partial charge in [0.15, 0.2) is 5.82 Å². The lowest BCUT2D eigenvalue weighted by Crippen LogP contribution is -2.11. The van der Waals surface area contributed by atoms with E-state index in [2.05, 4.69) is 281 Å². The molecule has 0 unspecified atom stereocenters. The van der Waals surface area contributed by atoms with Gasteiger partial charge in [-0.3, -0.25) is 9.13 Å². The first-order chi connectivity index (χ1) is 38.1. The molecule has 6 nitrogen and oxygen atoms in total. The fourth-order valence-electron chi connectivity index (χ4n) is 11.7. The summed E-state index contributed by atoms with van der Waals surface area (Å²) in [7, 11) is -2.11. The molecule has 7 heteroatoms. The van der Waals surface area contributed by atoms with Gasteiger partial charge in [0.25, 0.3) is 0 Å². The van der Waals surface area contributed by atoms with Crippen LogP contribution in [0.15, 0.2) is 280 Å². The van der Waals surface area contributed by atoms with Crippen molar-refractivity contribution in [3.8, 4) is 52.4 Å². The van der Waals surface area contributed by atoms with E-state index in [0.29, 0.717) is 17.7 Å². The lowest BCUT2D eigenvalue weighted by Gasteiger charge is -2.43. The van der Waals surface area contributed by atoms with Gasteiger partial charge in [0.2, 0.25) is 11.9 Å². The summed E-state index contributed by atoms with van der Waals surface area (Å²) in [5.74, 6) is 4.30. The molecule has 0 saturated heterocycles. The van der Waals surface area contributed by atoms with Crippen LogP contribution in [0.3, 0.4) is 0 Å². The number of hydrogen-bond acceptors (Lipinski definition) is 3. The first-order valence-corrected chi connectivity index (χ1v) is 27.4. The number of aromatic nitrogens is 6. The molecule has 4 aromatic heterocycles. The van der Waals surface area contributed by atoms with Crippen LogP contribution >= 0.6 is 10.0 Å². The Kier molecular flexibility index (Phi) is 11.1. The number of benzene rings is 10. The van der Waals surface area contributed by atoms with Gasteiger partial charge in [-0.2, -0.15) is 15.0 Å². The maximum atomic E-state index is 6.00. The predicted octanol–water partition coefficient (Wildman–Crippen LogP) is 17.6. The van der Waals surface area contributed by atoms with Crippen molar-refractivity contribution in [2.75, 3.05) is 0 Å². The van der Waals surface area contributed by atoms with Gasteiger partial charge in [0.1, 0.15) is 0 Å². The Balaban J connectivity index is 1.13. The van der Waals surface area contributed by atoms with Crippen LogP contribution in [0.2, 0.25) is 0 Å². The second-order valence-corrected chi connectivity index (χ2v) is 22.2. The van der Waals surface area contributed by atoms with Crippen LogP contribution in [0.25, 0.3) is 101 Å². The molecule has 14 aromatic rings. The Labute approximate surface area is 447 Å². The van der Waals surface area contributed by atoms with Crippen LogP contribution in [-0.4, -0.2) is 28.7 Å². The van der Waals surface area contributed by atoms with E-state index in [9.17, 15) is 0 Å². The van der Waals surface area contributed by atoms with Crippen molar-refractivity contribution in [2.24, 2.45) is 0 Å². The maximum absolute atomic E-state index is 6.00. The van der Waals surface area contributed by atoms with Gasteiger partial charge in [0.05, 0.1) is 39.0 Å². The van der Waals surface area contributed by atoms with Crippen molar-refractivity contribution in [1.29, 1.82) is 0 Å². The molecule has 0 spiro atoms. The molecule has 0 saturated carbocycles. The van der Waals surface area contributed by atoms with Crippen molar-refractivity contribution in [2.45, 2.75) is 26.5 Å². The fourth-order valence-corrected chi connectivity index (χ4v) is 15.7. The van der Waals surface area contributed by atoms with E-state index in [4.69, 9.17) is 21.4 Å². The van der Waals surface area contributed by atoms with Gasteiger partial charge in [-0.05, 0) is 121 Å². The van der Waals surface area contributed by atoms with Gasteiger partial charge in [-0.1, -0.05) is 176 Å². The Morgan fingerprint density at radius 3 is 1.27 bits per heavy atom. The molecule has 0 aliphatic carbocycles. The third kappa shape index (κ3) is 7.26. The zero-order chi connectivity index (χ0) is 51.5. The van der Waals surface area contributed by atoms with Crippen molar-refractivity contribution in [3.05, 3.63) is 272 Å². The summed E-state index contributed by atoms with van der Waals surface area (Å²) in [6.07, 6.45) is 9.82. The van der Waals surface area contributed by atoms with Gasteiger partial charge in [0, 0.05) is 52.1 Å². The van der Waals surface area contributed by atoms with Crippen molar-refractivity contribution >= 4 is 70.6 Å². The smallest absolute Gasteiger partial charge is 0.240 e. The summed E-state index contributed by atoms with van der Waals surface area (Å²) in [5.41, 5.74) is 11.0. The molecule has 0 fully saturated rings. The second kappa shape index (κ2) is 18.7. The van der Waals surface area contributed by atoms with Gasteiger partial charge in [-0.15, -0.1) is 16.5 Å². The minimum absolute atomic E-state index is 0.503. The standard InChI is InChI=1S/C70H48N6S/c1-3-4-38-60-48(2)53-32-14-20-39-61(53)74(60)66-46-45-49(54-33-19-25-44-67(54)77(50-26-8-5-9-27-50,51-28-10-6-11-29-51)52-30-12-7-13-31-52)47-59(66)68-71-69(75-62-40-21-15-34-55(62)56-35-16-22-41-63(56)75)73-70(72-68)76-64-42-23-17-36-57(64)58-37-18-24-43-65(58)76/h1,4-47H,2H3/b38-4-. The highest BCUT2D eigenvalue weighted by atomic mass is 32.3. The number of terminal acetylenes is 1. The molecule has 0 radical (unpaired) electrons. The summed E-state index contributed by atoms with van der Waals surface area (Å²) in [4.78, 5) is 21.9. The number of allylic oxidation sites excluding steroid dienone is 1. The zero-order valence-electron chi connectivity index (χ0n) is 42.1. The molecule has 0 atom stereocenters. The van der Waals surface area contributed by atoms with E-state index in [1.165, 1.54) is 19.6 Å². The predicted molar refractivity (Wildman–Crippen MR) is 319 cm³/mol. The van der Waals surface area contributed by atoms with Crippen LogP contribution in [0.4, 0.5) is 0 Å². The second-order valence-electron chi connectivity index (χ2n) is 19.1. The molecule has 14 rings (SSSR count). The highest BCUT2D eigenvalue weighted by Gasteiger charge is 2.35. The number of hydrogen-bond donors (Lipinski definition) is 0. The number of nitrogens with zero attached hydrogens (tertiary/aromatic N) is 6. The zero-order valence-corrected chi connectivity index (χ0v) is 42.9. The van der Waals surface area contributed by atoms with E-state index in [-0.39, 0.29) is 0 Å². The van der Waals surface area contributed by atoms with E-state index < -0.39 is 10.0 Å². The molecule has 0 aliphatic rings. The summed E-state index contributed by atoms with van der Waals surface area (Å²) in [5, 5.41) is 5.58. The van der Waals surface area contributed by atoms with Crippen LogP contribution in [0, 0.1) is 19.3 Å². The minimum atomic E-state index is -2.11. The van der Waals surface area contributed by atoms with E-state index in [0.717, 1.165) is 88.1 Å². The molecule has 10 aromatic carbocycles. The Bertz CT molecular complexity index is 4320. The third-order valence-corrected chi connectivity index (χ3v) is 18.9. The lowest BCUT2D eigenvalue weighted by atomic mass is 10.0. The maximum Gasteiger partial charge on any atom is 0.240 e. The average Bonchev–Trinajstić information content (AvgIpc) is 4.15. The van der Waals surface area contributed by atoms with Gasteiger partial charge < -0.3 is 4.57 Å². The molecule has 0 amide bonds. The molecular formula is C70H48N6S. The first-order valence-electron chi connectivity index (χ1n) is 25.8. The monoisotopic (exact) mass is 1000 g/mol. The highest BCUT2D eigenvalue weighted by Crippen LogP contribution is 2.75. The van der Waals surface area contributed by atoms with Crippen LogP contribution in [-0.2, 0) is 0 Å². The molecule has 0 aliphatic heterocycles. The molecule has 4 heterocycles. The summed E-state index contributed by atoms with van der Waals surface area (Å²) >= 11 is 0. The van der Waals surface area contributed by atoms with Crippen LogP contribution < -0.4 is 0 Å². The molecule has 0 N–H and O–H groups in total. The van der Waals surface area contributed by atoms with Crippen LogP contribution in [0.1, 0.15) is 11.3 Å². The summed E-state index contributed by atoms with van der Waals surface area (Å²) in [6, 6.07) is 91.4. The fraction of sp³-hybridized carbons (Fsp3) is 0.0143. The number of para-hydroxylation sites is 5. The van der Waals surface area contributed by atoms with E-state index >= 15 is 0 Å². The largest absolute Gasteiger partial charge is 0.309 e. The van der Waals surface area contributed by atoms with Crippen LogP contribution in [0.5, 0.6) is 0 Å². The summed E-state index contributed by atoms with van der Waals surface area (Å²) in [6.45, 7) is 2.17. The molecular weight excluding hydrogens is 957 g/mol. The van der Waals surface area contributed by atoms with E-state index in [1.807, 2.05) is 6.08 Å². The quantitative estimate of drug-likeness (QED) is 0.128. The molecule has 0 bridgehead atoms. The Hall–Kier alpha value is -10.0. The summed E-state index contributed by atoms with van der Waals surface area (Å²) < 4.78 is 6.71. The lowest BCUT2D eigenvalue weighted by molar-refractivity contribution is 0.891. The Morgan fingerprint density at radius 2 is 0.805 bits per heavy atom. The topological polar surface area (TPSA) is 53.5 Å². The van der Waals surface area contributed by atoms with Crippen molar-refractivity contribution < 1.29 is 0 Å².